The zero-order chi connectivity index (χ0) is 17.6. The maximum atomic E-state index is 12.3. The van der Waals surface area contributed by atoms with Crippen LogP contribution in [0, 0.1) is 6.92 Å². The Balaban J connectivity index is 1.57. The highest BCUT2D eigenvalue weighted by Crippen LogP contribution is 2.26. The first-order valence-corrected chi connectivity index (χ1v) is 8.63. The minimum atomic E-state index is 0.0554. The van der Waals surface area contributed by atoms with Gasteiger partial charge in [0.25, 0.3) is 0 Å². The van der Waals surface area contributed by atoms with Gasteiger partial charge >= 0.3 is 0 Å². The highest BCUT2D eigenvalue weighted by Gasteiger charge is 2.13. The minimum absolute atomic E-state index is 0.0554. The maximum absolute atomic E-state index is 12.3. The number of hydrogen-bond acceptors (Lipinski definition) is 2. The molecule has 0 aliphatic heterocycles. The number of benzene rings is 2. The summed E-state index contributed by atoms with van der Waals surface area (Å²) in [6.45, 7) is 2.70. The molecule has 0 spiro atoms. The largest absolute Gasteiger partial charge is 0.497 e. The number of aromatic amines is 1. The van der Waals surface area contributed by atoms with Gasteiger partial charge in [-0.2, -0.15) is 0 Å². The van der Waals surface area contributed by atoms with Gasteiger partial charge in [0, 0.05) is 23.1 Å². The first kappa shape index (κ1) is 17.1. The highest BCUT2D eigenvalue weighted by atomic mass is 16.5. The van der Waals surface area contributed by atoms with Gasteiger partial charge in [-0.15, -0.1) is 0 Å². The number of nitrogens with one attached hydrogen (secondary N) is 2. The Kier molecular flexibility index (Phi) is 5.39. The van der Waals surface area contributed by atoms with E-state index in [0.29, 0.717) is 13.0 Å². The summed E-state index contributed by atoms with van der Waals surface area (Å²) in [7, 11) is 1.65. The molecule has 0 bridgehead atoms. The number of methoxy groups -OCH3 is 1. The number of ether oxygens (including phenoxy) is 1. The number of rotatable bonds is 7. The lowest BCUT2D eigenvalue weighted by Gasteiger charge is -2.06. The fourth-order valence-electron chi connectivity index (χ4n) is 3.10. The van der Waals surface area contributed by atoms with Gasteiger partial charge in [-0.05, 0) is 49.1 Å². The van der Waals surface area contributed by atoms with Gasteiger partial charge in [-0.1, -0.05) is 30.3 Å². The van der Waals surface area contributed by atoms with E-state index in [2.05, 4.69) is 22.4 Å². The lowest BCUT2D eigenvalue weighted by atomic mass is 10.1. The van der Waals surface area contributed by atoms with Crippen molar-refractivity contribution >= 4 is 16.8 Å². The van der Waals surface area contributed by atoms with Gasteiger partial charge in [0.05, 0.1) is 13.5 Å². The van der Waals surface area contributed by atoms with E-state index in [9.17, 15) is 4.79 Å². The van der Waals surface area contributed by atoms with Crippen molar-refractivity contribution < 1.29 is 9.53 Å². The topological polar surface area (TPSA) is 54.1 Å². The summed E-state index contributed by atoms with van der Waals surface area (Å²) in [5, 5.41) is 4.08. The summed E-state index contributed by atoms with van der Waals surface area (Å²) in [4.78, 5) is 15.7. The molecule has 0 atom stereocenters. The third-order valence-electron chi connectivity index (χ3n) is 4.47. The molecule has 0 saturated carbocycles. The summed E-state index contributed by atoms with van der Waals surface area (Å²) in [5.74, 6) is 0.857. The first-order chi connectivity index (χ1) is 12.2. The summed E-state index contributed by atoms with van der Waals surface area (Å²) < 4.78 is 5.30. The van der Waals surface area contributed by atoms with Crippen LogP contribution in [0.1, 0.15) is 23.2 Å². The number of amides is 1. The lowest BCUT2D eigenvalue weighted by Crippen LogP contribution is -2.26. The summed E-state index contributed by atoms with van der Waals surface area (Å²) in [6, 6.07) is 16.2. The number of H-pyrrole nitrogens is 1. The van der Waals surface area contributed by atoms with Crippen molar-refractivity contribution in [3.63, 3.8) is 0 Å². The SMILES string of the molecule is COc1ccc2[nH]c(C)c(CC(=O)NCCCc3ccccc3)c2c1. The van der Waals surface area contributed by atoms with E-state index in [1.54, 1.807) is 7.11 Å². The molecule has 3 aromatic rings. The third-order valence-corrected chi connectivity index (χ3v) is 4.47. The van der Waals surface area contributed by atoms with E-state index in [-0.39, 0.29) is 5.91 Å². The maximum Gasteiger partial charge on any atom is 0.224 e. The smallest absolute Gasteiger partial charge is 0.224 e. The van der Waals surface area contributed by atoms with E-state index in [0.717, 1.165) is 40.8 Å². The van der Waals surface area contributed by atoms with E-state index in [1.165, 1.54) is 5.56 Å². The van der Waals surface area contributed by atoms with Crippen molar-refractivity contribution in [2.45, 2.75) is 26.2 Å². The molecule has 1 heterocycles. The molecule has 4 nitrogen and oxygen atoms in total. The van der Waals surface area contributed by atoms with Crippen LogP contribution in [0.25, 0.3) is 10.9 Å². The van der Waals surface area contributed by atoms with E-state index in [1.807, 2.05) is 43.3 Å². The molecule has 4 heteroatoms. The van der Waals surface area contributed by atoms with Gasteiger partial charge in [0.1, 0.15) is 5.75 Å². The summed E-state index contributed by atoms with van der Waals surface area (Å²) >= 11 is 0. The molecule has 2 N–H and O–H groups in total. The molecule has 0 unspecified atom stereocenters. The van der Waals surface area contributed by atoms with Crippen LogP contribution >= 0.6 is 0 Å². The molecule has 25 heavy (non-hydrogen) atoms. The van der Waals surface area contributed by atoms with Crippen LogP contribution in [-0.4, -0.2) is 24.5 Å². The molecule has 0 aliphatic carbocycles. The van der Waals surface area contributed by atoms with Crippen LogP contribution < -0.4 is 10.1 Å². The predicted molar refractivity (Wildman–Crippen MR) is 101 cm³/mol. The second kappa shape index (κ2) is 7.88. The van der Waals surface area contributed by atoms with Crippen LogP contribution in [0.4, 0.5) is 0 Å². The highest BCUT2D eigenvalue weighted by molar-refractivity contribution is 5.90. The van der Waals surface area contributed by atoms with Crippen molar-refractivity contribution in [3.8, 4) is 5.75 Å². The molecule has 0 aliphatic rings. The van der Waals surface area contributed by atoms with Gasteiger partial charge in [0.15, 0.2) is 0 Å². The molecule has 2 aromatic carbocycles. The first-order valence-electron chi connectivity index (χ1n) is 8.63. The van der Waals surface area contributed by atoms with Crippen molar-refractivity contribution in [2.75, 3.05) is 13.7 Å². The number of carbonyl (C=O) groups is 1. The van der Waals surface area contributed by atoms with Crippen LogP contribution in [-0.2, 0) is 17.6 Å². The average Bonchev–Trinajstić information content (AvgIpc) is 2.94. The molecule has 0 fully saturated rings. The average molecular weight is 336 g/mol. The zero-order valence-corrected chi connectivity index (χ0v) is 14.8. The Hall–Kier alpha value is -2.75. The van der Waals surface area contributed by atoms with Gasteiger partial charge in [0.2, 0.25) is 5.91 Å². The van der Waals surface area contributed by atoms with E-state index < -0.39 is 0 Å². The number of aromatic nitrogens is 1. The van der Waals surface area contributed by atoms with Gasteiger partial charge in [-0.25, -0.2) is 0 Å². The van der Waals surface area contributed by atoms with E-state index in [4.69, 9.17) is 4.74 Å². The minimum Gasteiger partial charge on any atom is -0.497 e. The Morgan fingerprint density at radius 1 is 1.16 bits per heavy atom. The Morgan fingerprint density at radius 2 is 1.96 bits per heavy atom. The number of hydrogen-bond donors (Lipinski definition) is 2. The lowest BCUT2D eigenvalue weighted by molar-refractivity contribution is -0.120. The van der Waals surface area contributed by atoms with Gasteiger partial charge in [-0.3, -0.25) is 4.79 Å². The monoisotopic (exact) mass is 336 g/mol. The predicted octanol–water partition coefficient (Wildman–Crippen LogP) is 3.78. The third kappa shape index (κ3) is 4.21. The van der Waals surface area contributed by atoms with Crippen molar-refractivity contribution in [1.82, 2.24) is 10.3 Å². The summed E-state index contributed by atoms with van der Waals surface area (Å²) in [6.07, 6.45) is 2.30. The zero-order valence-electron chi connectivity index (χ0n) is 14.8. The van der Waals surface area contributed by atoms with Crippen LogP contribution in [0.15, 0.2) is 48.5 Å². The van der Waals surface area contributed by atoms with Crippen LogP contribution in [0.5, 0.6) is 5.75 Å². The molecule has 3 rings (SSSR count). The molecule has 130 valence electrons. The molecule has 0 saturated heterocycles. The fourth-order valence-corrected chi connectivity index (χ4v) is 3.10. The van der Waals surface area contributed by atoms with Crippen molar-refractivity contribution in [3.05, 3.63) is 65.4 Å². The van der Waals surface area contributed by atoms with E-state index >= 15 is 0 Å². The van der Waals surface area contributed by atoms with Gasteiger partial charge < -0.3 is 15.0 Å². The number of aryl methyl sites for hydroxylation is 2. The Labute approximate surface area is 148 Å². The van der Waals surface area contributed by atoms with Crippen LogP contribution in [0.3, 0.4) is 0 Å². The standard InChI is InChI=1S/C21H24N2O2/c1-15-18(19-13-17(25-2)10-11-20(19)23-15)14-21(24)22-12-6-9-16-7-4-3-5-8-16/h3-5,7-8,10-11,13,23H,6,9,12,14H2,1-2H3,(H,22,24). The quantitative estimate of drug-likeness (QED) is 0.645. The fraction of sp³-hybridized carbons (Fsp3) is 0.286. The Morgan fingerprint density at radius 3 is 2.72 bits per heavy atom. The Bertz CT molecular complexity index is 853. The summed E-state index contributed by atoms with van der Waals surface area (Å²) in [5.41, 5.74) is 4.40. The molecular formula is C21H24N2O2. The molecule has 1 amide bonds. The molecule has 0 radical (unpaired) electrons. The normalized spacial score (nSPS) is 10.8. The van der Waals surface area contributed by atoms with Crippen molar-refractivity contribution in [1.29, 1.82) is 0 Å². The van der Waals surface area contributed by atoms with Crippen molar-refractivity contribution in [2.24, 2.45) is 0 Å². The second-order valence-electron chi connectivity index (χ2n) is 6.26. The molecule has 1 aromatic heterocycles. The molecular weight excluding hydrogens is 312 g/mol. The number of carbonyl (C=O) groups excluding carboxylic acids is 1. The number of fused-ring (bicyclic) bond motifs is 1. The van der Waals surface area contributed by atoms with Crippen LogP contribution in [0.2, 0.25) is 0 Å². The second-order valence-corrected chi connectivity index (χ2v) is 6.26.